The first-order chi connectivity index (χ1) is 9.79. The summed E-state index contributed by atoms with van der Waals surface area (Å²) in [5.74, 6) is 0.775. The van der Waals surface area contributed by atoms with E-state index in [4.69, 9.17) is 10.5 Å². The minimum absolute atomic E-state index is 0.121. The standard InChI is InChI=1S/C17H23N3O/c1-11-8-13(17(3,4)5)6-7-15(11)21-16-19-12(2)9-14(10-18)20-16/h6-9H,10,18H2,1-5H3. The molecule has 4 nitrogen and oxygen atoms in total. The summed E-state index contributed by atoms with van der Waals surface area (Å²) in [5.41, 5.74) is 9.73. The van der Waals surface area contributed by atoms with Crippen molar-refractivity contribution in [1.82, 2.24) is 9.97 Å². The summed E-state index contributed by atoms with van der Waals surface area (Å²) in [4.78, 5) is 8.60. The van der Waals surface area contributed by atoms with Gasteiger partial charge < -0.3 is 10.5 Å². The molecule has 21 heavy (non-hydrogen) atoms. The molecule has 1 heterocycles. The van der Waals surface area contributed by atoms with E-state index in [9.17, 15) is 0 Å². The van der Waals surface area contributed by atoms with Crippen molar-refractivity contribution < 1.29 is 4.74 Å². The Morgan fingerprint density at radius 1 is 1.10 bits per heavy atom. The lowest BCUT2D eigenvalue weighted by atomic mass is 9.86. The molecule has 2 N–H and O–H groups in total. The normalized spacial score (nSPS) is 11.5. The van der Waals surface area contributed by atoms with Crippen LogP contribution in [-0.2, 0) is 12.0 Å². The van der Waals surface area contributed by atoms with Gasteiger partial charge in [-0.15, -0.1) is 0 Å². The lowest BCUT2D eigenvalue weighted by molar-refractivity contribution is 0.434. The van der Waals surface area contributed by atoms with Gasteiger partial charge in [-0.05, 0) is 42.5 Å². The van der Waals surface area contributed by atoms with Crippen LogP contribution in [0.15, 0.2) is 24.3 Å². The van der Waals surface area contributed by atoms with Gasteiger partial charge in [-0.3, -0.25) is 0 Å². The van der Waals surface area contributed by atoms with E-state index in [0.29, 0.717) is 12.6 Å². The molecule has 0 aliphatic carbocycles. The Balaban J connectivity index is 2.30. The van der Waals surface area contributed by atoms with Gasteiger partial charge in [0.25, 0.3) is 0 Å². The average molecular weight is 285 g/mol. The highest BCUT2D eigenvalue weighted by Crippen LogP contribution is 2.29. The molecule has 4 heteroatoms. The topological polar surface area (TPSA) is 61.0 Å². The Morgan fingerprint density at radius 3 is 2.38 bits per heavy atom. The highest BCUT2D eigenvalue weighted by Gasteiger charge is 2.15. The van der Waals surface area contributed by atoms with Crippen molar-refractivity contribution in [2.45, 2.75) is 46.6 Å². The van der Waals surface area contributed by atoms with Gasteiger partial charge in [-0.2, -0.15) is 4.98 Å². The summed E-state index contributed by atoms with van der Waals surface area (Å²) in [5, 5.41) is 0. The zero-order valence-electron chi connectivity index (χ0n) is 13.4. The predicted octanol–water partition coefficient (Wildman–Crippen LogP) is 3.64. The molecule has 0 fully saturated rings. The monoisotopic (exact) mass is 285 g/mol. The molecule has 1 aromatic carbocycles. The largest absolute Gasteiger partial charge is 0.424 e. The van der Waals surface area contributed by atoms with Crippen molar-refractivity contribution in [3.8, 4) is 11.8 Å². The number of nitrogens with two attached hydrogens (primary N) is 1. The van der Waals surface area contributed by atoms with Crippen LogP contribution in [0, 0.1) is 13.8 Å². The van der Waals surface area contributed by atoms with Crippen LogP contribution in [-0.4, -0.2) is 9.97 Å². The molecule has 0 saturated heterocycles. The van der Waals surface area contributed by atoms with Gasteiger partial charge in [0.1, 0.15) is 5.75 Å². The van der Waals surface area contributed by atoms with Gasteiger partial charge in [0.05, 0.1) is 5.69 Å². The molecule has 0 aliphatic heterocycles. The van der Waals surface area contributed by atoms with Crippen LogP contribution < -0.4 is 10.5 Å². The Morgan fingerprint density at radius 2 is 1.81 bits per heavy atom. The Bertz CT molecular complexity index is 645. The number of aromatic nitrogens is 2. The first-order valence-corrected chi connectivity index (χ1v) is 7.13. The smallest absolute Gasteiger partial charge is 0.322 e. The van der Waals surface area contributed by atoms with Crippen molar-refractivity contribution in [1.29, 1.82) is 0 Å². The number of nitrogens with zero attached hydrogens (tertiary/aromatic N) is 2. The quantitative estimate of drug-likeness (QED) is 0.935. The Kier molecular flexibility index (Phi) is 4.28. The summed E-state index contributed by atoms with van der Waals surface area (Å²) >= 11 is 0. The number of rotatable bonds is 3. The maximum Gasteiger partial charge on any atom is 0.322 e. The first kappa shape index (κ1) is 15.4. The zero-order valence-corrected chi connectivity index (χ0v) is 13.4. The van der Waals surface area contributed by atoms with Crippen molar-refractivity contribution >= 4 is 0 Å². The molecule has 0 atom stereocenters. The number of benzene rings is 1. The van der Waals surface area contributed by atoms with Crippen molar-refractivity contribution in [3.63, 3.8) is 0 Å². The summed E-state index contributed by atoms with van der Waals surface area (Å²) in [7, 11) is 0. The minimum Gasteiger partial charge on any atom is -0.424 e. The molecular weight excluding hydrogens is 262 g/mol. The highest BCUT2D eigenvalue weighted by molar-refractivity contribution is 5.40. The van der Waals surface area contributed by atoms with Gasteiger partial charge in [-0.25, -0.2) is 4.98 Å². The number of aryl methyl sites for hydroxylation is 2. The van der Waals surface area contributed by atoms with Crippen molar-refractivity contribution in [2.75, 3.05) is 0 Å². The van der Waals surface area contributed by atoms with E-state index in [1.54, 1.807) is 0 Å². The molecule has 0 saturated carbocycles. The van der Waals surface area contributed by atoms with E-state index in [1.807, 2.05) is 26.0 Å². The fraction of sp³-hybridized carbons (Fsp3) is 0.412. The number of hydrogen-bond donors (Lipinski definition) is 1. The van der Waals surface area contributed by atoms with Gasteiger partial charge in [0.2, 0.25) is 0 Å². The summed E-state index contributed by atoms with van der Waals surface area (Å²) in [6.45, 7) is 10.9. The maximum absolute atomic E-state index is 5.82. The van der Waals surface area contributed by atoms with E-state index in [2.05, 4.69) is 42.9 Å². The van der Waals surface area contributed by atoms with Crippen LogP contribution in [0.1, 0.15) is 43.3 Å². The third kappa shape index (κ3) is 3.79. The van der Waals surface area contributed by atoms with Gasteiger partial charge in [0.15, 0.2) is 0 Å². The number of hydrogen-bond acceptors (Lipinski definition) is 4. The van der Waals surface area contributed by atoms with Crippen molar-refractivity contribution in [3.05, 3.63) is 46.8 Å². The molecule has 2 aromatic rings. The molecular formula is C17H23N3O. The molecule has 2 rings (SSSR count). The van der Waals surface area contributed by atoms with Gasteiger partial charge in [-0.1, -0.05) is 32.9 Å². The van der Waals surface area contributed by atoms with E-state index in [0.717, 1.165) is 22.7 Å². The molecule has 0 aliphatic rings. The third-order valence-electron chi connectivity index (χ3n) is 3.34. The summed E-state index contributed by atoms with van der Waals surface area (Å²) in [6, 6.07) is 8.42. The summed E-state index contributed by atoms with van der Waals surface area (Å²) < 4.78 is 5.82. The SMILES string of the molecule is Cc1cc(CN)nc(Oc2ccc(C(C)(C)C)cc2C)n1. The minimum atomic E-state index is 0.121. The molecule has 0 bridgehead atoms. The Labute approximate surface area is 126 Å². The second-order valence-corrected chi connectivity index (χ2v) is 6.32. The van der Waals surface area contributed by atoms with Crippen LogP contribution in [0.5, 0.6) is 11.8 Å². The van der Waals surface area contributed by atoms with Crippen LogP contribution in [0.3, 0.4) is 0 Å². The van der Waals surface area contributed by atoms with Gasteiger partial charge >= 0.3 is 6.01 Å². The molecule has 0 spiro atoms. The number of ether oxygens (including phenoxy) is 1. The third-order valence-corrected chi connectivity index (χ3v) is 3.34. The predicted molar refractivity (Wildman–Crippen MR) is 84.6 cm³/mol. The molecule has 0 radical (unpaired) electrons. The first-order valence-electron chi connectivity index (χ1n) is 7.13. The summed E-state index contributed by atoms with van der Waals surface area (Å²) in [6.07, 6.45) is 0. The lowest BCUT2D eigenvalue weighted by Crippen LogP contribution is -2.11. The van der Waals surface area contributed by atoms with Crippen LogP contribution in [0.4, 0.5) is 0 Å². The van der Waals surface area contributed by atoms with Crippen LogP contribution in [0.25, 0.3) is 0 Å². The molecule has 1 aromatic heterocycles. The van der Waals surface area contributed by atoms with E-state index in [-0.39, 0.29) is 5.41 Å². The van der Waals surface area contributed by atoms with E-state index >= 15 is 0 Å². The van der Waals surface area contributed by atoms with E-state index in [1.165, 1.54) is 5.56 Å². The fourth-order valence-corrected chi connectivity index (χ4v) is 2.08. The molecule has 0 unspecified atom stereocenters. The molecule has 0 amide bonds. The average Bonchev–Trinajstić information content (AvgIpc) is 2.39. The molecule has 112 valence electrons. The zero-order chi connectivity index (χ0) is 15.6. The maximum atomic E-state index is 5.82. The lowest BCUT2D eigenvalue weighted by Gasteiger charge is -2.20. The highest BCUT2D eigenvalue weighted by atomic mass is 16.5. The van der Waals surface area contributed by atoms with Crippen LogP contribution >= 0.6 is 0 Å². The Hall–Kier alpha value is -1.94. The fourth-order valence-electron chi connectivity index (χ4n) is 2.08. The van der Waals surface area contributed by atoms with Crippen molar-refractivity contribution in [2.24, 2.45) is 5.73 Å². The van der Waals surface area contributed by atoms with Gasteiger partial charge in [0, 0.05) is 12.2 Å². The van der Waals surface area contributed by atoms with E-state index < -0.39 is 0 Å². The second kappa shape index (κ2) is 5.82. The van der Waals surface area contributed by atoms with Crippen LogP contribution in [0.2, 0.25) is 0 Å². The second-order valence-electron chi connectivity index (χ2n) is 6.32.